The Balaban J connectivity index is 2.13. The van der Waals surface area contributed by atoms with E-state index in [1.165, 1.54) is 5.56 Å². The van der Waals surface area contributed by atoms with Crippen molar-refractivity contribution in [1.82, 2.24) is 9.97 Å². The van der Waals surface area contributed by atoms with Crippen LogP contribution in [-0.2, 0) is 12.3 Å². The number of aromatic nitrogens is 2. The number of ether oxygens (including phenoxy) is 1. The topological polar surface area (TPSA) is 35.0 Å². The largest absolute Gasteiger partial charge is 0.437 e. The molecule has 2 aromatic rings. The van der Waals surface area contributed by atoms with Crippen LogP contribution in [0.2, 0.25) is 0 Å². The third-order valence-electron chi connectivity index (χ3n) is 2.35. The van der Waals surface area contributed by atoms with Crippen molar-refractivity contribution in [3.05, 3.63) is 47.9 Å². The average Bonchev–Trinajstić information content (AvgIpc) is 2.40. The van der Waals surface area contributed by atoms with Crippen LogP contribution in [0.25, 0.3) is 0 Å². The molecule has 1 aromatic carbocycles. The van der Waals surface area contributed by atoms with Crippen molar-refractivity contribution >= 4 is 11.6 Å². The van der Waals surface area contributed by atoms with Crippen LogP contribution in [0.4, 0.5) is 0 Å². The van der Waals surface area contributed by atoms with Crippen molar-refractivity contribution in [2.45, 2.75) is 19.2 Å². The van der Waals surface area contributed by atoms with Crippen molar-refractivity contribution in [3.63, 3.8) is 0 Å². The molecule has 1 aromatic heterocycles. The number of alkyl halides is 1. The third kappa shape index (κ3) is 3.17. The smallest absolute Gasteiger partial charge is 0.238 e. The van der Waals surface area contributed by atoms with Crippen LogP contribution >= 0.6 is 11.6 Å². The minimum Gasteiger partial charge on any atom is -0.437 e. The Morgan fingerprint density at radius 1 is 1.18 bits per heavy atom. The molecule has 17 heavy (non-hydrogen) atoms. The zero-order valence-corrected chi connectivity index (χ0v) is 10.3. The van der Waals surface area contributed by atoms with Gasteiger partial charge in [-0.3, -0.25) is 4.98 Å². The van der Waals surface area contributed by atoms with E-state index < -0.39 is 0 Å². The molecule has 0 radical (unpaired) electrons. The van der Waals surface area contributed by atoms with Crippen LogP contribution in [-0.4, -0.2) is 9.97 Å². The molecule has 0 amide bonds. The molecule has 0 aliphatic heterocycles. The number of hydrogen-bond acceptors (Lipinski definition) is 3. The molecule has 0 unspecified atom stereocenters. The summed E-state index contributed by atoms with van der Waals surface area (Å²) in [5, 5.41) is 0. The van der Waals surface area contributed by atoms with Crippen molar-refractivity contribution in [1.29, 1.82) is 0 Å². The van der Waals surface area contributed by atoms with E-state index in [2.05, 4.69) is 16.9 Å². The van der Waals surface area contributed by atoms with Crippen molar-refractivity contribution in [2.75, 3.05) is 0 Å². The molecule has 0 saturated carbocycles. The van der Waals surface area contributed by atoms with Crippen molar-refractivity contribution in [3.8, 4) is 11.6 Å². The molecular formula is C13H13ClN2O. The fourth-order valence-electron chi connectivity index (χ4n) is 1.41. The second kappa shape index (κ2) is 5.64. The van der Waals surface area contributed by atoms with Crippen LogP contribution in [0.3, 0.4) is 0 Å². The van der Waals surface area contributed by atoms with E-state index in [-0.39, 0.29) is 0 Å². The van der Waals surface area contributed by atoms with Gasteiger partial charge in [-0.25, -0.2) is 4.98 Å². The first-order valence-corrected chi connectivity index (χ1v) is 5.99. The Kier molecular flexibility index (Phi) is 3.94. The van der Waals surface area contributed by atoms with E-state index >= 15 is 0 Å². The normalized spacial score (nSPS) is 10.2. The van der Waals surface area contributed by atoms with Gasteiger partial charge in [-0.15, -0.1) is 11.6 Å². The van der Waals surface area contributed by atoms with E-state index in [0.29, 0.717) is 17.5 Å². The highest BCUT2D eigenvalue weighted by atomic mass is 35.5. The standard InChI is InChI=1S/C13H13ClN2O/c1-2-10-3-5-12(6-4-10)17-13-9-15-8-11(7-14)16-13/h3-6,8-9H,2,7H2,1H3. The summed E-state index contributed by atoms with van der Waals surface area (Å²) in [4.78, 5) is 8.23. The summed E-state index contributed by atoms with van der Waals surface area (Å²) in [5.74, 6) is 1.55. The highest BCUT2D eigenvalue weighted by Gasteiger charge is 2.01. The van der Waals surface area contributed by atoms with Crippen molar-refractivity contribution in [2.24, 2.45) is 0 Å². The first kappa shape index (κ1) is 11.9. The summed E-state index contributed by atoms with van der Waals surface area (Å²) in [7, 11) is 0. The Hall–Kier alpha value is -1.61. The average molecular weight is 249 g/mol. The van der Waals surface area contributed by atoms with Crippen LogP contribution in [0.5, 0.6) is 11.6 Å². The fourth-order valence-corrected chi connectivity index (χ4v) is 1.54. The molecule has 0 aliphatic rings. The van der Waals surface area contributed by atoms with Crippen LogP contribution in [0.15, 0.2) is 36.7 Å². The predicted octanol–water partition coefficient (Wildman–Crippen LogP) is 3.57. The summed E-state index contributed by atoms with van der Waals surface area (Å²) in [6, 6.07) is 7.92. The molecule has 3 nitrogen and oxygen atoms in total. The van der Waals surface area contributed by atoms with Gasteiger partial charge in [-0.1, -0.05) is 19.1 Å². The molecule has 0 saturated heterocycles. The van der Waals surface area contributed by atoms with Gasteiger partial charge in [0.1, 0.15) is 5.75 Å². The summed E-state index contributed by atoms with van der Waals surface area (Å²) >= 11 is 5.68. The molecule has 2 rings (SSSR count). The number of halogens is 1. The second-order valence-corrected chi connectivity index (χ2v) is 3.85. The number of aryl methyl sites for hydroxylation is 1. The van der Waals surface area contributed by atoms with E-state index in [9.17, 15) is 0 Å². The van der Waals surface area contributed by atoms with Crippen molar-refractivity contribution < 1.29 is 4.74 Å². The minimum atomic E-state index is 0.332. The molecule has 0 fully saturated rings. The lowest BCUT2D eigenvalue weighted by Gasteiger charge is -2.05. The van der Waals surface area contributed by atoms with E-state index in [0.717, 1.165) is 12.2 Å². The quantitative estimate of drug-likeness (QED) is 0.776. The van der Waals surface area contributed by atoms with Gasteiger partial charge in [0, 0.05) is 6.20 Å². The minimum absolute atomic E-state index is 0.332. The fraction of sp³-hybridized carbons (Fsp3) is 0.231. The van der Waals surface area contributed by atoms with Gasteiger partial charge >= 0.3 is 0 Å². The third-order valence-corrected chi connectivity index (χ3v) is 2.63. The number of benzene rings is 1. The lowest BCUT2D eigenvalue weighted by Crippen LogP contribution is -1.93. The van der Waals surface area contributed by atoms with Crippen LogP contribution < -0.4 is 4.74 Å². The van der Waals surface area contributed by atoms with Gasteiger partial charge in [-0.2, -0.15) is 0 Å². The Labute approximate surface area is 105 Å². The second-order valence-electron chi connectivity index (χ2n) is 3.58. The molecule has 0 atom stereocenters. The maximum Gasteiger partial charge on any atom is 0.238 e. The lowest BCUT2D eigenvalue weighted by atomic mass is 10.2. The number of hydrogen-bond donors (Lipinski definition) is 0. The Morgan fingerprint density at radius 3 is 2.59 bits per heavy atom. The molecule has 88 valence electrons. The monoisotopic (exact) mass is 248 g/mol. The van der Waals surface area contributed by atoms with Gasteiger partial charge < -0.3 is 4.74 Å². The lowest BCUT2D eigenvalue weighted by molar-refractivity contribution is 0.458. The van der Waals surface area contributed by atoms with Crippen LogP contribution in [0, 0.1) is 0 Å². The van der Waals surface area contributed by atoms with Crippen LogP contribution in [0.1, 0.15) is 18.2 Å². The molecular weight excluding hydrogens is 236 g/mol. The summed E-state index contributed by atoms with van der Waals surface area (Å²) in [5.41, 5.74) is 1.98. The number of nitrogens with zero attached hydrogens (tertiary/aromatic N) is 2. The maximum absolute atomic E-state index is 5.68. The summed E-state index contributed by atoms with van der Waals surface area (Å²) < 4.78 is 5.59. The molecule has 0 bridgehead atoms. The molecule has 4 heteroatoms. The van der Waals surface area contributed by atoms with Gasteiger partial charge in [0.25, 0.3) is 0 Å². The maximum atomic E-state index is 5.68. The van der Waals surface area contributed by atoms with Gasteiger partial charge in [0.15, 0.2) is 0 Å². The highest BCUT2D eigenvalue weighted by Crippen LogP contribution is 2.19. The van der Waals surface area contributed by atoms with E-state index in [1.54, 1.807) is 12.4 Å². The summed E-state index contributed by atoms with van der Waals surface area (Å²) in [6.07, 6.45) is 4.21. The number of rotatable bonds is 4. The predicted molar refractivity (Wildman–Crippen MR) is 67.5 cm³/mol. The first-order chi connectivity index (χ1) is 8.31. The Morgan fingerprint density at radius 2 is 1.94 bits per heavy atom. The molecule has 0 aliphatic carbocycles. The van der Waals surface area contributed by atoms with E-state index in [4.69, 9.17) is 16.3 Å². The Bertz CT molecular complexity index is 485. The molecule has 1 heterocycles. The van der Waals surface area contributed by atoms with Gasteiger partial charge in [0.05, 0.1) is 17.8 Å². The van der Waals surface area contributed by atoms with Gasteiger partial charge in [0.2, 0.25) is 5.88 Å². The zero-order valence-electron chi connectivity index (χ0n) is 9.56. The summed E-state index contributed by atoms with van der Waals surface area (Å²) in [6.45, 7) is 2.12. The SMILES string of the molecule is CCc1ccc(Oc2cncc(CCl)n2)cc1. The molecule has 0 spiro atoms. The highest BCUT2D eigenvalue weighted by molar-refractivity contribution is 6.16. The first-order valence-electron chi connectivity index (χ1n) is 5.45. The van der Waals surface area contributed by atoms with E-state index in [1.807, 2.05) is 24.3 Å². The molecule has 0 N–H and O–H groups in total. The zero-order chi connectivity index (χ0) is 12.1. The van der Waals surface area contributed by atoms with Gasteiger partial charge in [-0.05, 0) is 24.1 Å².